The molecule has 3 nitrogen and oxygen atoms in total. The minimum atomic E-state index is 0.783. The second kappa shape index (κ2) is 6.68. The monoisotopic (exact) mass is 320 g/mol. The van der Waals surface area contributed by atoms with E-state index < -0.39 is 0 Å². The highest BCUT2D eigenvalue weighted by Gasteiger charge is 2.02. The van der Waals surface area contributed by atoms with Crippen molar-refractivity contribution in [3.8, 4) is 5.75 Å². The van der Waals surface area contributed by atoms with Crippen LogP contribution in [-0.4, -0.2) is 12.1 Å². The molecule has 0 bridgehead atoms. The molecule has 0 aliphatic rings. The summed E-state index contributed by atoms with van der Waals surface area (Å²) in [7, 11) is 1.68. The minimum Gasteiger partial charge on any atom is -0.497 e. The SMILES string of the molecule is COc1ccc(Br)c(CNCc2ccc(C)nc2)c1. The number of nitrogens with zero attached hydrogens (tertiary/aromatic N) is 1. The smallest absolute Gasteiger partial charge is 0.119 e. The fourth-order valence-electron chi connectivity index (χ4n) is 1.76. The maximum absolute atomic E-state index is 5.23. The molecule has 0 unspecified atom stereocenters. The van der Waals surface area contributed by atoms with Crippen LogP contribution in [0.3, 0.4) is 0 Å². The van der Waals surface area contributed by atoms with E-state index in [0.29, 0.717) is 0 Å². The Labute approximate surface area is 122 Å². The predicted molar refractivity (Wildman–Crippen MR) is 80.2 cm³/mol. The minimum absolute atomic E-state index is 0.783. The fourth-order valence-corrected chi connectivity index (χ4v) is 2.14. The lowest BCUT2D eigenvalue weighted by molar-refractivity contribution is 0.414. The van der Waals surface area contributed by atoms with E-state index in [0.717, 1.165) is 29.0 Å². The van der Waals surface area contributed by atoms with Crippen LogP contribution in [0.2, 0.25) is 0 Å². The van der Waals surface area contributed by atoms with E-state index in [2.05, 4.69) is 32.3 Å². The van der Waals surface area contributed by atoms with Crippen molar-refractivity contribution < 1.29 is 4.74 Å². The molecule has 0 aliphatic carbocycles. The molecule has 0 atom stereocenters. The first kappa shape index (κ1) is 14.0. The van der Waals surface area contributed by atoms with Crippen molar-refractivity contribution in [1.82, 2.24) is 10.3 Å². The molecule has 2 aromatic rings. The van der Waals surface area contributed by atoms with E-state index in [1.54, 1.807) is 7.11 Å². The van der Waals surface area contributed by atoms with E-state index in [4.69, 9.17) is 4.74 Å². The van der Waals surface area contributed by atoms with Gasteiger partial charge < -0.3 is 10.1 Å². The number of nitrogens with one attached hydrogen (secondary N) is 1. The number of aromatic nitrogens is 1. The molecular formula is C15H17BrN2O. The molecular weight excluding hydrogens is 304 g/mol. The maximum atomic E-state index is 5.23. The Hall–Kier alpha value is -1.39. The summed E-state index contributed by atoms with van der Waals surface area (Å²) in [5, 5.41) is 3.40. The van der Waals surface area contributed by atoms with Crippen LogP contribution in [0.4, 0.5) is 0 Å². The van der Waals surface area contributed by atoms with Crippen molar-refractivity contribution in [2.24, 2.45) is 0 Å². The highest BCUT2D eigenvalue weighted by molar-refractivity contribution is 9.10. The van der Waals surface area contributed by atoms with Gasteiger partial charge in [-0.15, -0.1) is 0 Å². The normalized spacial score (nSPS) is 10.5. The van der Waals surface area contributed by atoms with Gasteiger partial charge in [-0.2, -0.15) is 0 Å². The molecule has 2 rings (SSSR count). The first-order valence-corrected chi connectivity index (χ1v) is 6.93. The third-order valence-corrected chi connectivity index (χ3v) is 3.64. The number of methoxy groups -OCH3 is 1. The zero-order valence-corrected chi connectivity index (χ0v) is 12.7. The van der Waals surface area contributed by atoms with Gasteiger partial charge in [-0.05, 0) is 42.3 Å². The van der Waals surface area contributed by atoms with Crippen LogP contribution in [0, 0.1) is 6.92 Å². The summed E-state index contributed by atoms with van der Waals surface area (Å²) in [4.78, 5) is 4.28. The zero-order chi connectivity index (χ0) is 13.7. The molecule has 100 valence electrons. The van der Waals surface area contributed by atoms with E-state index in [1.807, 2.05) is 37.4 Å². The van der Waals surface area contributed by atoms with E-state index >= 15 is 0 Å². The zero-order valence-electron chi connectivity index (χ0n) is 11.1. The number of pyridine rings is 1. The highest BCUT2D eigenvalue weighted by Crippen LogP contribution is 2.22. The first-order chi connectivity index (χ1) is 9.19. The third-order valence-electron chi connectivity index (χ3n) is 2.87. The van der Waals surface area contributed by atoms with E-state index in [-0.39, 0.29) is 0 Å². The van der Waals surface area contributed by atoms with Gasteiger partial charge in [0.05, 0.1) is 7.11 Å². The Kier molecular flexibility index (Phi) is 4.93. The lowest BCUT2D eigenvalue weighted by Gasteiger charge is -2.09. The summed E-state index contributed by atoms with van der Waals surface area (Å²) in [6.45, 7) is 3.58. The molecule has 0 saturated heterocycles. The lowest BCUT2D eigenvalue weighted by atomic mass is 10.2. The topological polar surface area (TPSA) is 34.1 Å². The van der Waals surface area contributed by atoms with Crippen LogP contribution in [0.5, 0.6) is 5.75 Å². The molecule has 0 saturated carbocycles. The Balaban J connectivity index is 1.93. The molecule has 0 amide bonds. The number of hydrogen-bond acceptors (Lipinski definition) is 3. The van der Waals surface area contributed by atoms with Crippen molar-refractivity contribution in [3.63, 3.8) is 0 Å². The molecule has 1 N–H and O–H groups in total. The van der Waals surface area contributed by atoms with Crippen molar-refractivity contribution in [2.45, 2.75) is 20.0 Å². The van der Waals surface area contributed by atoms with Gasteiger partial charge >= 0.3 is 0 Å². The van der Waals surface area contributed by atoms with Gasteiger partial charge in [0.25, 0.3) is 0 Å². The van der Waals surface area contributed by atoms with Gasteiger partial charge in [-0.3, -0.25) is 4.98 Å². The summed E-state index contributed by atoms with van der Waals surface area (Å²) in [5.74, 6) is 0.872. The second-order valence-electron chi connectivity index (χ2n) is 4.37. The summed E-state index contributed by atoms with van der Waals surface area (Å²) < 4.78 is 6.31. The van der Waals surface area contributed by atoms with Gasteiger partial charge in [0.2, 0.25) is 0 Å². The Bertz CT molecular complexity index is 540. The van der Waals surface area contributed by atoms with Crippen molar-refractivity contribution in [2.75, 3.05) is 7.11 Å². The predicted octanol–water partition coefficient (Wildman–Crippen LogP) is 3.45. The summed E-state index contributed by atoms with van der Waals surface area (Å²) in [6, 6.07) is 10.1. The standard InChI is InChI=1S/C15H17BrN2O/c1-11-3-4-12(9-18-11)8-17-10-13-7-14(19-2)5-6-15(13)16/h3-7,9,17H,8,10H2,1-2H3. The van der Waals surface area contributed by atoms with Gasteiger partial charge in [-0.25, -0.2) is 0 Å². The molecule has 19 heavy (non-hydrogen) atoms. The Morgan fingerprint density at radius 3 is 2.74 bits per heavy atom. The van der Waals surface area contributed by atoms with Gasteiger partial charge in [0.15, 0.2) is 0 Å². The highest BCUT2D eigenvalue weighted by atomic mass is 79.9. The summed E-state index contributed by atoms with van der Waals surface area (Å²) in [6.07, 6.45) is 1.91. The molecule has 4 heteroatoms. The number of hydrogen-bond donors (Lipinski definition) is 1. The maximum Gasteiger partial charge on any atom is 0.119 e. The van der Waals surface area contributed by atoms with Crippen LogP contribution in [0.1, 0.15) is 16.8 Å². The van der Waals surface area contributed by atoms with Crippen LogP contribution in [0.15, 0.2) is 41.0 Å². The summed E-state index contributed by atoms with van der Waals surface area (Å²) in [5.41, 5.74) is 3.41. The number of ether oxygens (including phenoxy) is 1. The van der Waals surface area contributed by atoms with E-state index in [9.17, 15) is 0 Å². The van der Waals surface area contributed by atoms with Gasteiger partial charge in [-0.1, -0.05) is 22.0 Å². The van der Waals surface area contributed by atoms with Crippen molar-refractivity contribution in [1.29, 1.82) is 0 Å². The molecule has 0 radical (unpaired) electrons. The fraction of sp³-hybridized carbons (Fsp3) is 0.267. The summed E-state index contributed by atoms with van der Waals surface area (Å²) >= 11 is 3.55. The molecule has 1 aromatic carbocycles. The molecule has 0 fully saturated rings. The van der Waals surface area contributed by atoms with Crippen LogP contribution >= 0.6 is 15.9 Å². The second-order valence-corrected chi connectivity index (χ2v) is 5.22. The molecule has 1 heterocycles. The third kappa shape index (κ3) is 4.04. The van der Waals surface area contributed by atoms with Gasteiger partial charge in [0.1, 0.15) is 5.75 Å². The van der Waals surface area contributed by atoms with Crippen LogP contribution in [0.25, 0.3) is 0 Å². The lowest BCUT2D eigenvalue weighted by Crippen LogP contribution is -2.13. The molecule has 0 aliphatic heterocycles. The number of benzene rings is 1. The largest absolute Gasteiger partial charge is 0.497 e. The number of aryl methyl sites for hydroxylation is 1. The Morgan fingerprint density at radius 1 is 1.21 bits per heavy atom. The molecule has 0 spiro atoms. The number of rotatable bonds is 5. The van der Waals surface area contributed by atoms with E-state index in [1.165, 1.54) is 11.1 Å². The average Bonchev–Trinajstić information content (AvgIpc) is 2.43. The first-order valence-electron chi connectivity index (χ1n) is 6.13. The number of halogens is 1. The average molecular weight is 321 g/mol. The van der Waals surface area contributed by atoms with Crippen LogP contribution < -0.4 is 10.1 Å². The van der Waals surface area contributed by atoms with Crippen LogP contribution in [-0.2, 0) is 13.1 Å². The van der Waals surface area contributed by atoms with Crippen molar-refractivity contribution >= 4 is 15.9 Å². The molecule has 1 aromatic heterocycles. The van der Waals surface area contributed by atoms with Crippen molar-refractivity contribution in [3.05, 3.63) is 57.8 Å². The quantitative estimate of drug-likeness (QED) is 0.916. The Morgan fingerprint density at radius 2 is 2.05 bits per heavy atom. The van der Waals surface area contributed by atoms with Gasteiger partial charge in [0, 0.05) is 29.5 Å².